The van der Waals surface area contributed by atoms with Gasteiger partial charge in [-0.2, -0.15) is 5.06 Å². The van der Waals surface area contributed by atoms with E-state index in [0.717, 1.165) is 24.1 Å². The highest BCUT2D eigenvalue weighted by Gasteiger charge is 2.46. The molecule has 0 spiro atoms. The highest BCUT2D eigenvalue weighted by atomic mass is 35.5. The lowest BCUT2D eigenvalue weighted by Gasteiger charge is -2.52. The van der Waals surface area contributed by atoms with Crippen molar-refractivity contribution in [3.8, 4) is 0 Å². The number of nitrogens with zero attached hydrogens (tertiary/aromatic N) is 4. The van der Waals surface area contributed by atoms with E-state index in [9.17, 15) is 0 Å². The molecule has 2 atom stereocenters. The Balaban J connectivity index is 1.97. The fourth-order valence-corrected chi connectivity index (χ4v) is 4.12. The first-order chi connectivity index (χ1) is 11.2. The second kappa shape index (κ2) is 6.12. The van der Waals surface area contributed by atoms with E-state index < -0.39 is 12.3 Å². The van der Waals surface area contributed by atoms with Gasteiger partial charge in [-0.05, 0) is 70.7 Å². The Labute approximate surface area is 147 Å². The summed E-state index contributed by atoms with van der Waals surface area (Å²) in [5.74, 6) is 0. The molecule has 1 aromatic carbocycles. The molecular weight excluding hydrogens is 326 g/mol. The third-order valence-corrected chi connectivity index (χ3v) is 5.22. The van der Waals surface area contributed by atoms with Gasteiger partial charge in [0.05, 0.1) is 0 Å². The maximum absolute atomic E-state index is 8.91. The Morgan fingerprint density at radius 3 is 2.58 bits per heavy atom. The second-order valence-electron chi connectivity index (χ2n) is 7.82. The molecular formula is C17H24ClN5O. The molecule has 130 valence electrons. The van der Waals surface area contributed by atoms with Crippen LogP contribution in [0.15, 0.2) is 23.3 Å². The third-order valence-electron chi connectivity index (χ3n) is 4.98. The molecule has 24 heavy (non-hydrogen) atoms. The quantitative estimate of drug-likeness (QED) is 0.450. The molecule has 1 saturated heterocycles. The number of azide groups is 1. The van der Waals surface area contributed by atoms with Crippen LogP contribution in [0.5, 0.6) is 0 Å². The summed E-state index contributed by atoms with van der Waals surface area (Å²) < 4.78 is 0. The van der Waals surface area contributed by atoms with Crippen molar-refractivity contribution in [2.45, 2.75) is 70.3 Å². The predicted molar refractivity (Wildman–Crippen MR) is 95.7 cm³/mol. The third kappa shape index (κ3) is 3.07. The van der Waals surface area contributed by atoms with Gasteiger partial charge in [-0.3, -0.25) is 4.84 Å². The van der Waals surface area contributed by atoms with E-state index in [4.69, 9.17) is 22.0 Å². The van der Waals surface area contributed by atoms with Gasteiger partial charge in [0.15, 0.2) is 0 Å². The van der Waals surface area contributed by atoms with Gasteiger partial charge < -0.3 is 5.32 Å². The fraction of sp³-hybridized carbons (Fsp3) is 0.647. The lowest BCUT2D eigenvalue weighted by molar-refractivity contribution is -0.307. The molecule has 1 aromatic rings. The maximum Gasteiger partial charge on any atom is 0.138 e. The summed E-state index contributed by atoms with van der Waals surface area (Å²) in [4.78, 5) is 9.45. The molecule has 0 aliphatic carbocycles. The highest BCUT2D eigenvalue weighted by Crippen LogP contribution is 2.45. The van der Waals surface area contributed by atoms with Crippen molar-refractivity contribution in [1.29, 1.82) is 0 Å². The van der Waals surface area contributed by atoms with Crippen LogP contribution in [0, 0.1) is 0 Å². The number of rotatable bonds is 3. The Morgan fingerprint density at radius 2 is 1.96 bits per heavy atom. The summed E-state index contributed by atoms with van der Waals surface area (Å²) in [6, 6.07) is 5.59. The summed E-state index contributed by atoms with van der Waals surface area (Å²) in [7, 11) is 0. The van der Waals surface area contributed by atoms with Gasteiger partial charge in [0, 0.05) is 32.3 Å². The van der Waals surface area contributed by atoms with Crippen LogP contribution in [0.2, 0.25) is 5.02 Å². The Bertz CT molecular complexity index is 668. The smallest absolute Gasteiger partial charge is 0.138 e. The second-order valence-corrected chi connectivity index (χ2v) is 8.26. The fourth-order valence-electron chi connectivity index (χ4n) is 3.94. The van der Waals surface area contributed by atoms with Gasteiger partial charge in [-0.1, -0.05) is 16.7 Å². The Kier molecular flexibility index (Phi) is 4.43. The molecule has 0 bridgehead atoms. The molecule has 7 heteroatoms. The van der Waals surface area contributed by atoms with Gasteiger partial charge in [0.25, 0.3) is 0 Å². The Hall–Kier alpha value is -1.46. The zero-order valence-electron chi connectivity index (χ0n) is 14.6. The molecule has 0 radical (unpaired) electrons. The molecule has 0 amide bonds. The van der Waals surface area contributed by atoms with Crippen molar-refractivity contribution in [1.82, 2.24) is 5.06 Å². The van der Waals surface area contributed by atoms with Crippen molar-refractivity contribution >= 4 is 17.3 Å². The zero-order chi connectivity index (χ0) is 17.5. The molecule has 0 saturated carbocycles. The summed E-state index contributed by atoms with van der Waals surface area (Å²) in [6.07, 6.45) is 2.41. The topological polar surface area (TPSA) is 73.3 Å². The lowest BCUT2D eigenvalue weighted by atomic mass is 9.82. The van der Waals surface area contributed by atoms with Crippen molar-refractivity contribution < 1.29 is 4.84 Å². The lowest BCUT2D eigenvalue weighted by Crippen LogP contribution is -2.58. The van der Waals surface area contributed by atoms with Crippen LogP contribution in [0.3, 0.4) is 0 Å². The van der Waals surface area contributed by atoms with E-state index >= 15 is 0 Å². The number of hydroxylamine groups is 2. The van der Waals surface area contributed by atoms with E-state index in [-0.39, 0.29) is 11.1 Å². The average molecular weight is 350 g/mol. The molecule has 3 rings (SSSR count). The average Bonchev–Trinajstić information content (AvgIpc) is 2.80. The van der Waals surface area contributed by atoms with E-state index in [1.54, 1.807) is 0 Å². The number of halogens is 1. The first kappa shape index (κ1) is 17.4. The number of benzene rings is 1. The van der Waals surface area contributed by atoms with Crippen molar-refractivity contribution in [3.05, 3.63) is 39.2 Å². The van der Waals surface area contributed by atoms with E-state index in [0.29, 0.717) is 5.02 Å². The number of hydrogen-bond acceptors (Lipinski definition) is 4. The minimum Gasteiger partial charge on any atom is -0.374 e. The maximum atomic E-state index is 8.91. The van der Waals surface area contributed by atoms with Crippen LogP contribution in [0.25, 0.3) is 10.4 Å². The van der Waals surface area contributed by atoms with Crippen LogP contribution < -0.4 is 5.32 Å². The number of nitrogens with one attached hydrogen (secondary N) is 1. The summed E-state index contributed by atoms with van der Waals surface area (Å²) >= 11 is 6.17. The molecule has 2 aliphatic rings. The Morgan fingerprint density at radius 1 is 1.29 bits per heavy atom. The molecule has 2 unspecified atom stereocenters. The number of hydrogen-bond donors (Lipinski definition) is 1. The zero-order valence-corrected chi connectivity index (χ0v) is 15.3. The molecule has 6 nitrogen and oxygen atoms in total. The van der Waals surface area contributed by atoms with Gasteiger partial charge in [0.2, 0.25) is 0 Å². The van der Waals surface area contributed by atoms with Crippen LogP contribution in [-0.4, -0.2) is 22.3 Å². The first-order valence-electron chi connectivity index (χ1n) is 8.32. The van der Waals surface area contributed by atoms with E-state index in [1.165, 1.54) is 6.42 Å². The summed E-state index contributed by atoms with van der Waals surface area (Å²) in [6.45, 7) is 8.77. The highest BCUT2D eigenvalue weighted by molar-refractivity contribution is 6.30. The minimum atomic E-state index is -0.489. The van der Waals surface area contributed by atoms with Gasteiger partial charge >= 0.3 is 0 Å². The van der Waals surface area contributed by atoms with Crippen molar-refractivity contribution in [2.75, 3.05) is 5.32 Å². The number of anilines is 1. The van der Waals surface area contributed by atoms with Crippen LogP contribution in [0.4, 0.5) is 5.69 Å². The monoisotopic (exact) mass is 349 g/mol. The molecule has 0 aromatic heterocycles. The first-order valence-corrected chi connectivity index (χ1v) is 8.70. The molecule has 2 aliphatic heterocycles. The van der Waals surface area contributed by atoms with Crippen LogP contribution >= 0.6 is 11.6 Å². The van der Waals surface area contributed by atoms with Crippen LogP contribution in [-0.2, 0) is 4.84 Å². The van der Waals surface area contributed by atoms with Gasteiger partial charge in [-0.15, -0.1) is 0 Å². The minimum absolute atomic E-state index is 0.0933. The SMILES string of the molecule is CC1(C)CCCC(C)(C)N1OC1c2cc(Cl)ccc2NC1N=[N+]=[N-]. The van der Waals surface area contributed by atoms with E-state index in [1.807, 2.05) is 18.2 Å². The van der Waals surface area contributed by atoms with Gasteiger partial charge in [0.1, 0.15) is 12.3 Å². The summed E-state index contributed by atoms with van der Waals surface area (Å²) in [5.41, 5.74) is 10.6. The molecule has 2 heterocycles. The predicted octanol–water partition coefficient (Wildman–Crippen LogP) is 5.42. The van der Waals surface area contributed by atoms with Gasteiger partial charge in [-0.25, -0.2) is 0 Å². The number of piperidine rings is 1. The molecule has 1 N–H and O–H groups in total. The van der Waals surface area contributed by atoms with Crippen molar-refractivity contribution in [3.63, 3.8) is 0 Å². The van der Waals surface area contributed by atoms with Crippen molar-refractivity contribution in [2.24, 2.45) is 5.11 Å². The number of fused-ring (bicyclic) bond motifs is 1. The normalized spacial score (nSPS) is 27.9. The van der Waals surface area contributed by atoms with Crippen LogP contribution in [0.1, 0.15) is 58.6 Å². The van der Waals surface area contributed by atoms with E-state index in [2.05, 4.69) is 48.1 Å². The largest absolute Gasteiger partial charge is 0.374 e. The summed E-state index contributed by atoms with van der Waals surface area (Å²) in [5, 5.41) is 9.84. The standard InChI is InChI=1S/C17H24ClN5O/c1-16(2)8-5-9-17(3,4)23(16)24-14-12-10-11(18)6-7-13(12)20-15(14)21-22-19/h6-7,10,14-15,20H,5,8-9H2,1-4H3. The molecule has 1 fully saturated rings.